The van der Waals surface area contributed by atoms with Crippen LogP contribution < -0.4 is 9.80 Å². The summed E-state index contributed by atoms with van der Waals surface area (Å²) in [5.41, 5.74) is 1.80. The van der Waals surface area contributed by atoms with Gasteiger partial charge in [-0.25, -0.2) is 19.3 Å². The summed E-state index contributed by atoms with van der Waals surface area (Å²) in [6.45, 7) is 2.59. The molecule has 2 aliphatic heterocycles. The van der Waals surface area contributed by atoms with Crippen molar-refractivity contribution in [3.63, 3.8) is 0 Å². The molecule has 3 aromatic rings. The Morgan fingerprint density at radius 1 is 1.00 bits per heavy atom. The van der Waals surface area contributed by atoms with Crippen LogP contribution in [0.15, 0.2) is 43.0 Å². The molecule has 2 fully saturated rings. The van der Waals surface area contributed by atoms with Crippen molar-refractivity contribution in [3.8, 4) is 0 Å². The van der Waals surface area contributed by atoms with Gasteiger partial charge in [-0.3, -0.25) is 4.98 Å². The third-order valence-electron chi connectivity index (χ3n) is 5.54. The third kappa shape index (κ3) is 2.55. The van der Waals surface area contributed by atoms with Crippen LogP contribution >= 0.6 is 0 Å². The maximum absolute atomic E-state index is 14.2. The van der Waals surface area contributed by atoms with Gasteiger partial charge in [0.25, 0.3) is 0 Å². The lowest BCUT2D eigenvalue weighted by atomic mass is 9.92. The Labute approximate surface area is 150 Å². The number of para-hydroxylation sites is 2. The van der Waals surface area contributed by atoms with Crippen LogP contribution in [0.1, 0.15) is 12.8 Å². The van der Waals surface area contributed by atoms with E-state index in [1.807, 2.05) is 30.5 Å². The molecule has 2 unspecified atom stereocenters. The number of hydrogen-bond acceptors (Lipinski definition) is 6. The van der Waals surface area contributed by atoms with Crippen molar-refractivity contribution in [2.24, 2.45) is 5.92 Å². The van der Waals surface area contributed by atoms with Crippen molar-refractivity contribution >= 4 is 22.7 Å². The average molecular weight is 350 g/mol. The Hall–Kier alpha value is -2.83. The fourth-order valence-corrected chi connectivity index (χ4v) is 4.23. The van der Waals surface area contributed by atoms with Crippen molar-refractivity contribution in [3.05, 3.63) is 48.8 Å². The highest BCUT2D eigenvalue weighted by molar-refractivity contribution is 5.75. The molecule has 5 rings (SSSR count). The van der Waals surface area contributed by atoms with Gasteiger partial charge in [-0.05, 0) is 30.9 Å². The van der Waals surface area contributed by atoms with Crippen LogP contribution in [0.5, 0.6) is 0 Å². The zero-order valence-corrected chi connectivity index (χ0v) is 14.3. The molecule has 132 valence electrons. The molecule has 0 bridgehead atoms. The number of hydrogen-bond donors (Lipinski definition) is 0. The van der Waals surface area contributed by atoms with Crippen LogP contribution in [0.25, 0.3) is 11.0 Å². The van der Waals surface area contributed by atoms with Gasteiger partial charge in [0, 0.05) is 19.6 Å². The molecule has 2 saturated heterocycles. The van der Waals surface area contributed by atoms with Crippen LogP contribution in [0, 0.1) is 11.7 Å². The second-order valence-corrected chi connectivity index (χ2v) is 6.96. The van der Waals surface area contributed by atoms with E-state index in [-0.39, 0.29) is 11.9 Å². The van der Waals surface area contributed by atoms with Crippen LogP contribution in [-0.2, 0) is 0 Å². The van der Waals surface area contributed by atoms with E-state index < -0.39 is 0 Å². The first-order chi connectivity index (χ1) is 12.8. The Bertz CT molecular complexity index is 948. The molecule has 0 spiro atoms. The average Bonchev–Trinajstić information content (AvgIpc) is 3.11. The maximum atomic E-state index is 14.2. The number of benzene rings is 1. The summed E-state index contributed by atoms with van der Waals surface area (Å²) in [6.07, 6.45) is 6.65. The number of piperidine rings is 1. The number of nitrogens with zero attached hydrogens (tertiary/aromatic N) is 6. The fourth-order valence-electron chi connectivity index (χ4n) is 4.23. The van der Waals surface area contributed by atoms with Gasteiger partial charge >= 0.3 is 0 Å². The smallest absolute Gasteiger partial charge is 0.183 e. The summed E-state index contributed by atoms with van der Waals surface area (Å²) >= 11 is 0. The van der Waals surface area contributed by atoms with Crippen molar-refractivity contribution in [2.75, 3.05) is 29.4 Å². The molecule has 26 heavy (non-hydrogen) atoms. The first-order valence-electron chi connectivity index (χ1n) is 8.98. The van der Waals surface area contributed by atoms with E-state index in [2.05, 4.69) is 24.8 Å². The minimum atomic E-state index is -0.351. The standard InChI is InChI=1S/C19H19FN6/c20-14-9-21-12-23-19(14)26-8-6-13-5-7-25(11-17(13)26)18-10-22-15-3-1-2-4-16(15)24-18/h1-4,9-10,12-13,17H,5-8,11H2. The molecule has 6 nitrogen and oxygen atoms in total. The van der Waals surface area contributed by atoms with Crippen molar-refractivity contribution in [2.45, 2.75) is 18.9 Å². The summed E-state index contributed by atoms with van der Waals surface area (Å²) in [5.74, 6) is 1.51. The Morgan fingerprint density at radius 3 is 2.73 bits per heavy atom. The van der Waals surface area contributed by atoms with Gasteiger partial charge in [0.2, 0.25) is 0 Å². The molecular weight excluding hydrogens is 331 g/mol. The predicted octanol–water partition coefficient (Wildman–Crippen LogP) is 2.66. The van der Waals surface area contributed by atoms with Gasteiger partial charge in [0.1, 0.15) is 12.1 Å². The summed E-state index contributed by atoms with van der Waals surface area (Å²) in [5, 5.41) is 0. The van der Waals surface area contributed by atoms with Gasteiger partial charge in [0.05, 0.1) is 29.5 Å². The molecule has 0 aliphatic carbocycles. The lowest BCUT2D eigenvalue weighted by molar-refractivity contribution is 0.387. The quantitative estimate of drug-likeness (QED) is 0.708. The summed E-state index contributed by atoms with van der Waals surface area (Å²) in [6, 6.07) is 8.13. The zero-order valence-electron chi connectivity index (χ0n) is 14.3. The highest BCUT2D eigenvalue weighted by Crippen LogP contribution is 2.36. The van der Waals surface area contributed by atoms with Crippen LogP contribution in [0.2, 0.25) is 0 Å². The normalized spacial score (nSPS) is 22.7. The highest BCUT2D eigenvalue weighted by atomic mass is 19.1. The molecular formula is C19H19FN6. The van der Waals surface area contributed by atoms with Crippen LogP contribution in [0.4, 0.5) is 16.0 Å². The predicted molar refractivity (Wildman–Crippen MR) is 97.6 cm³/mol. The molecule has 1 aromatic carbocycles. The van der Waals surface area contributed by atoms with E-state index in [1.165, 1.54) is 12.5 Å². The first-order valence-corrected chi connectivity index (χ1v) is 8.98. The molecule has 0 radical (unpaired) electrons. The summed E-state index contributed by atoms with van der Waals surface area (Å²) in [7, 11) is 0. The van der Waals surface area contributed by atoms with E-state index >= 15 is 0 Å². The molecule has 2 aliphatic rings. The number of aromatic nitrogens is 4. The van der Waals surface area contributed by atoms with Crippen LogP contribution in [-0.4, -0.2) is 45.6 Å². The third-order valence-corrected chi connectivity index (χ3v) is 5.54. The number of halogens is 1. The molecule has 0 amide bonds. The monoisotopic (exact) mass is 350 g/mol. The van der Waals surface area contributed by atoms with E-state index in [1.54, 1.807) is 0 Å². The second-order valence-electron chi connectivity index (χ2n) is 6.96. The van der Waals surface area contributed by atoms with E-state index in [9.17, 15) is 4.39 Å². The second kappa shape index (κ2) is 6.16. The first kappa shape index (κ1) is 15.4. The van der Waals surface area contributed by atoms with E-state index in [0.29, 0.717) is 11.7 Å². The van der Waals surface area contributed by atoms with Gasteiger partial charge < -0.3 is 9.80 Å². The van der Waals surface area contributed by atoms with Gasteiger partial charge in [-0.2, -0.15) is 0 Å². The lowest BCUT2D eigenvalue weighted by Gasteiger charge is -2.39. The van der Waals surface area contributed by atoms with Gasteiger partial charge in [-0.1, -0.05) is 12.1 Å². The minimum Gasteiger partial charge on any atom is -0.353 e. The molecule has 2 aromatic heterocycles. The minimum absolute atomic E-state index is 0.237. The fraction of sp³-hybridized carbons (Fsp3) is 0.368. The molecule has 0 N–H and O–H groups in total. The van der Waals surface area contributed by atoms with Gasteiger partial charge in [0.15, 0.2) is 11.6 Å². The number of anilines is 2. The van der Waals surface area contributed by atoms with Crippen LogP contribution in [0.3, 0.4) is 0 Å². The Morgan fingerprint density at radius 2 is 1.85 bits per heavy atom. The number of fused-ring (bicyclic) bond motifs is 2. The van der Waals surface area contributed by atoms with Crippen molar-refractivity contribution in [1.29, 1.82) is 0 Å². The molecule has 0 saturated carbocycles. The van der Waals surface area contributed by atoms with E-state index in [0.717, 1.165) is 49.3 Å². The summed E-state index contributed by atoms with van der Waals surface area (Å²) < 4.78 is 14.2. The topological polar surface area (TPSA) is 58.0 Å². The SMILES string of the molecule is Fc1cncnc1N1CCC2CCN(c3cnc4ccccc4n3)CC21. The molecule has 4 heterocycles. The molecule has 2 atom stereocenters. The maximum Gasteiger partial charge on any atom is 0.183 e. The lowest BCUT2D eigenvalue weighted by Crippen LogP contribution is -2.49. The van der Waals surface area contributed by atoms with Crippen molar-refractivity contribution in [1.82, 2.24) is 19.9 Å². The zero-order chi connectivity index (χ0) is 17.5. The van der Waals surface area contributed by atoms with Gasteiger partial charge in [-0.15, -0.1) is 0 Å². The highest BCUT2D eigenvalue weighted by Gasteiger charge is 2.40. The Kier molecular flexibility index (Phi) is 3.65. The largest absolute Gasteiger partial charge is 0.353 e. The van der Waals surface area contributed by atoms with E-state index in [4.69, 9.17) is 4.98 Å². The molecule has 7 heteroatoms. The number of rotatable bonds is 2. The Balaban J connectivity index is 1.43. The summed E-state index contributed by atoms with van der Waals surface area (Å²) in [4.78, 5) is 21.6. The van der Waals surface area contributed by atoms with Crippen molar-refractivity contribution < 1.29 is 4.39 Å².